The molecule has 0 atom stereocenters. The van der Waals surface area contributed by atoms with Crippen molar-refractivity contribution in [3.8, 4) is 5.75 Å². The van der Waals surface area contributed by atoms with Crippen molar-refractivity contribution in [1.82, 2.24) is 10.0 Å². The van der Waals surface area contributed by atoms with Gasteiger partial charge in [-0.25, -0.2) is 13.1 Å². The lowest BCUT2D eigenvalue weighted by molar-refractivity contribution is -0.274. The first-order valence-corrected chi connectivity index (χ1v) is 6.73. The second kappa shape index (κ2) is 6.22. The molecule has 2 N–H and O–H groups in total. The largest absolute Gasteiger partial charge is 0.573 e. The lowest BCUT2D eigenvalue weighted by atomic mass is 10.3. The van der Waals surface area contributed by atoms with Crippen molar-refractivity contribution in [2.75, 3.05) is 20.1 Å². The molecule has 1 rings (SSSR count). The van der Waals surface area contributed by atoms with Gasteiger partial charge in [-0.05, 0) is 31.3 Å². The van der Waals surface area contributed by atoms with Crippen LogP contribution < -0.4 is 14.8 Å². The molecule has 0 saturated carbocycles. The lowest BCUT2D eigenvalue weighted by Gasteiger charge is -2.10. The topological polar surface area (TPSA) is 67.4 Å². The number of benzene rings is 1. The van der Waals surface area contributed by atoms with Crippen molar-refractivity contribution in [1.29, 1.82) is 0 Å². The van der Waals surface area contributed by atoms with Crippen LogP contribution in [-0.2, 0) is 10.0 Å². The maximum absolute atomic E-state index is 11.9. The van der Waals surface area contributed by atoms with Crippen LogP contribution in [0.15, 0.2) is 29.2 Å². The summed E-state index contributed by atoms with van der Waals surface area (Å²) in [6.07, 6.45) is -4.80. The summed E-state index contributed by atoms with van der Waals surface area (Å²) in [4.78, 5) is -0.127. The number of likely N-dealkylation sites (N-methyl/N-ethyl adjacent to an activating group) is 1. The Morgan fingerprint density at radius 2 is 1.74 bits per heavy atom. The number of alkyl halides is 3. The molecule has 0 heterocycles. The van der Waals surface area contributed by atoms with Crippen LogP contribution in [0.3, 0.4) is 0 Å². The summed E-state index contributed by atoms with van der Waals surface area (Å²) < 4.78 is 65.1. The molecular weight excluding hydrogens is 285 g/mol. The zero-order chi connectivity index (χ0) is 14.5. The average Bonchev–Trinajstić information content (AvgIpc) is 2.27. The molecule has 0 aromatic heterocycles. The van der Waals surface area contributed by atoms with Gasteiger partial charge in [0.1, 0.15) is 5.75 Å². The highest BCUT2D eigenvalue weighted by atomic mass is 32.2. The Balaban J connectivity index is 2.75. The van der Waals surface area contributed by atoms with Gasteiger partial charge in [0, 0.05) is 13.1 Å². The molecule has 5 nitrogen and oxygen atoms in total. The Hall–Kier alpha value is -1.32. The van der Waals surface area contributed by atoms with Crippen molar-refractivity contribution in [2.45, 2.75) is 11.3 Å². The van der Waals surface area contributed by atoms with Gasteiger partial charge in [-0.1, -0.05) is 0 Å². The summed E-state index contributed by atoms with van der Waals surface area (Å²) >= 11 is 0. The van der Waals surface area contributed by atoms with Gasteiger partial charge in [0.25, 0.3) is 0 Å². The molecule has 0 aliphatic heterocycles. The third-order valence-electron chi connectivity index (χ3n) is 2.03. The van der Waals surface area contributed by atoms with Gasteiger partial charge < -0.3 is 10.1 Å². The molecular formula is C10H13F3N2O3S. The molecule has 0 spiro atoms. The number of hydrogen-bond donors (Lipinski definition) is 2. The standard InChI is InChI=1S/C10H13F3N2O3S/c1-14-6-7-15-19(16,17)9-4-2-8(3-5-9)18-10(11,12)13/h2-5,14-15H,6-7H2,1H3. The Morgan fingerprint density at radius 3 is 2.21 bits per heavy atom. The normalized spacial score (nSPS) is 12.4. The fourth-order valence-electron chi connectivity index (χ4n) is 1.21. The highest BCUT2D eigenvalue weighted by Crippen LogP contribution is 2.23. The zero-order valence-corrected chi connectivity index (χ0v) is 10.8. The second-order valence-corrected chi connectivity index (χ2v) is 5.29. The Kier molecular flexibility index (Phi) is 5.15. The number of ether oxygens (including phenoxy) is 1. The fourth-order valence-corrected chi connectivity index (χ4v) is 2.25. The van der Waals surface area contributed by atoms with Crippen molar-refractivity contribution in [3.63, 3.8) is 0 Å². The minimum absolute atomic E-state index is 0.127. The third kappa shape index (κ3) is 5.45. The predicted molar refractivity (Wildman–Crippen MR) is 62.2 cm³/mol. The molecule has 0 unspecified atom stereocenters. The van der Waals surface area contributed by atoms with Crippen molar-refractivity contribution >= 4 is 10.0 Å². The van der Waals surface area contributed by atoms with Crippen molar-refractivity contribution < 1.29 is 26.3 Å². The zero-order valence-electron chi connectivity index (χ0n) is 9.99. The van der Waals surface area contributed by atoms with E-state index in [0.717, 1.165) is 24.3 Å². The highest BCUT2D eigenvalue weighted by Gasteiger charge is 2.31. The van der Waals surface area contributed by atoms with E-state index >= 15 is 0 Å². The Bertz CT molecular complexity index is 500. The van der Waals surface area contributed by atoms with Gasteiger partial charge in [-0.2, -0.15) is 0 Å². The SMILES string of the molecule is CNCCNS(=O)(=O)c1ccc(OC(F)(F)F)cc1. The summed E-state index contributed by atoms with van der Waals surface area (Å²) in [6, 6.07) is 3.98. The van der Waals surface area contributed by atoms with Gasteiger partial charge in [-0.3, -0.25) is 0 Å². The molecule has 19 heavy (non-hydrogen) atoms. The minimum atomic E-state index is -4.80. The van der Waals surface area contributed by atoms with E-state index in [0.29, 0.717) is 6.54 Å². The Morgan fingerprint density at radius 1 is 1.16 bits per heavy atom. The number of sulfonamides is 1. The summed E-state index contributed by atoms with van der Waals surface area (Å²) in [7, 11) is -2.06. The monoisotopic (exact) mass is 298 g/mol. The van der Waals surface area contributed by atoms with Crippen LogP contribution in [0.4, 0.5) is 13.2 Å². The maximum Gasteiger partial charge on any atom is 0.573 e. The minimum Gasteiger partial charge on any atom is -0.406 e. The van der Waals surface area contributed by atoms with E-state index in [1.165, 1.54) is 0 Å². The van der Waals surface area contributed by atoms with Crippen LogP contribution in [-0.4, -0.2) is 34.9 Å². The van der Waals surface area contributed by atoms with Crippen LogP contribution >= 0.6 is 0 Å². The molecule has 0 aliphatic carbocycles. The molecule has 0 fully saturated rings. The summed E-state index contributed by atoms with van der Waals surface area (Å²) in [5.74, 6) is -0.471. The van der Waals surface area contributed by atoms with Gasteiger partial charge in [0.05, 0.1) is 4.90 Å². The molecule has 0 bridgehead atoms. The molecule has 0 amide bonds. The number of nitrogens with one attached hydrogen (secondary N) is 2. The third-order valence-corrected chi connectivity index (χ3v) is 3.51. The lowest BCUT2D eigenvalue weighted by Crippen LogP contribution is -2.30. The van der Waals surface area contributed by atoms with Crippen LogP contribution in [0.2, 0.25) is 0 Å². The van der Waals surface area contributed by atoms with Crippen molar-refractivity contribution in [3.05, 3.63) is 24.3 Å². The van der Waals surface area contributed by atoms with E-state index in [1.807, 2.05) is 0 Å². The molecule has 108 valence electrons. The van der Waals surface area contributed by atoms with E-state index < -0.39 is 22.1 Å². The highest BCUT2D eigenvalue weighted by molar-refractivity contribution is 7.89. The molecule has 0 aliphatic rings. The van der Waals surface area contributed by atoms with E-state index in [9.17, 15) is 21.6 Å². The summed E-state index contributed by atoms with van der Waals surface area (Å²) in [5.41, 5.74) is 0. The number of halogens is 3. The molecule has 1 aromatic carbocycles. The van der Waals surface area contributed by atoms with Gasteiger partial charge in [0.15, 0.2) is 0 Å². The van der Waals surface area contributed by atoms with Gasteiger partial charge in [0.2, 0.25) is 10.0 Å². The van der Waals surface area contributed by atoms with Crippen LogP contribution in [0, 0.1) is 0 Å². The van der Waals surface area contributed by atoms with E-state index in [4.69, 9.17) is 0 Å². The number of hydrogen-bond acceptors (Lipinski definition) is 4. The molecule has 9 heteroatoms. The molecule has 0 radical (unpaired) electrons. The summed E-state index contributed by atoms with van der Waals surface area (Å²) in [5, 5.41) is 2.75. The quantitative estimate of drug-likeness (QED) is 0.771. The number of rotatable bonds is 6. The van der Waals surface area contributed by atoms with E-state index in [-0.39, 0.29) is 11.4 Å². The first kappa shape index (κ1) is 15.7. The predicted octanol–water partition coefficient (Wildman–Crippen LogP) is 1.08. The Labute approximate surface area is 108 Å². The van der Waals surface area contributed by atoms with Crippen LogP contribution in [0.25, 0.3) is 0 Å². The maximum atomic E-state index is 11.9. The second-order valence-electron chi connectivity index (χ2n) is 3.52. The van der Waals surface area contributed by atoms with Crippen LogP contribution in [0.1, 0.15) is 0 Å². The smallest absolute Gasteiger partial charge is 0.406 e. The molecule has 0 saturated heterocycles. The summed E-state index contributed by atoms with van der Waals surface area (Å²) in [6.45, 7) is 0.619. The first-order chi connectivity index (χ1) is 8.74. The van der Waals surface area contributed by atoms with Gasteiger partial charge in [-0.15, -0.1) is 13.2 Å². The van der Waals surface area contributed by atoms with E-state index in [2.05, 4.69) is 14.8 Å². The van der Waals surface area contributed by atoms with Crippen molar-refractivity contribution in [2.24, 2.45) is 0 Å². The molecule has 1 aromatic rings. The average molecular weight is 298 g/mol. The van der Waals surface area contributed by atoms with E-state index in [1.54, 1.807) is 7.05 Å². The van der Waals surface area contributed by atoms with Gasteiger partial charge >= 0.3 is 6.36 Å². The fraction of sp³-hybridized carbons (Fsp3) is 0.400. The van der Waals surface area contributed by atoms with Crippen LogP contribution in [0.5, 0.6) is 5.75 Å². The first-order valence-electron chi connectivity index (χ1n) is 5.25.